The van der Waals surface area contributed by atoms with Gasteiger partial charge < -0.3 is 14.6 Å². The molecule has 0 aliphatic carbocycles. The van der Waals surface area contributed by atoms with E-state index in [2.05, 4.69) is 4.74 Å². The van der Waals surface area contributed by atoms with E-state index in [1.54, 1.807) is 24.3 Å². The lowest BCUT2D eigenvalue weighted by Crippen LogP contribution is -2.03. The van der Waals surface area contributed by atoms with Crippen molar-refractivity contribution in [2.45, 2.75) is 20.8 Å². The van der Waals surface area contributed by atoms with Crippen LogP contribution in [0.4, 0.5) is 0 Å². The summed E-state index contributed by atoms with van der Waals surface area (Å²) in [6.45, 7) is 6.17. The standard InChI is InChI=1S/C27H22O5S/c1-16-4-7-21(17(2)12-16)25(30)27-26(22-8-6-20(29)14-24(22)33-27)32-23-9-5-19(13-18(23)3)10-11-31-15-28/h4-15,29H,1-3H3/b11-10+. The maximum absolute atomic E-state index is 13.5. The molecule has 1 N–H and O–H groups in total. The molecule has 0 aliphatic heterocycles. The molecule has 0 aliphatic rings. The minimum Gasteiger partial charge on any atom is -0.508 e. The number of phenolic OH excluding ortho intramolecular Hbond substituents is 1. The first-order valence-electron chi connectivity index (χ1n) is 10.3. The number of ether oxygens (including phenoxy) is 2. The summed E-state index contributed by atoms with van der Waals surface area (Å²) in [4.78, 5) is 24.3. The molecule has 1 aromatic heterocycles. The van der Waals surface area contributed by atoms with Crippen molar-refractivity contribution in [1.29, 1.82) is 0 Å². The van der Waals surface area contributed by atoms with Crippen LogP contribution in [-0.2, 0) is 9.53 Å². The van der Waals surface area contributed by atoms with Gasteiger partial charge in [0.2, 0.25) is 5.78 Å². The van der Waals surface area contributed by atoms with Crippen molar-refractivity contribution in [3.05, 3.63) is 93.6 Å². The van der Waals surface area contributed by atoms with Crippen LogP contribution in [0.15, 0.2) is 60.9 Å². The third-order valence-electron chi connectivity index (χ3n) is 5.27. The topological polar surface area (TPSA) is 72.8 Å². The van der Waals surface area contributed by atoms with Gasteiger partial charge in [0.25, 0.3) is 6.47 Å². The Morgan fingerprint density at radius 3 is 2.52 bits per heavy atom. The zero-order valence-corrected chi connectivity index (χ0v) is 19.2. The highest BCUT2D eigenvalue weighted by atomic mass is 32.1. The average Bonchev–Trinajstić information content (AvgIpc) is 3.12. The molecule has 0 radical (unpaired) electrons. The third kappa shape index (κ3) is 4.66. The Kier molecular flexibility index (Phi) is 6.29. The molecule has 3 aromatic carbocycles. The molecule has 0 bridgehead atoms. The number of aromatic hydroxyl groups is 1. The molecule has 0 atom stereocenters. The highest BCUT2D eigenvalue weighted by Crippen LogP contribution is 2.43. The van der Waals surface area contributed by atoms with Crippen molar-refractivity contribution in [3.63, 3.8) is 0 Å². The lowest BCUT2D eigenvalue weighted by molar-refractivity contribution is -0.123. The molecular formula is C27H22O5S. The Labute approximate surface area is 195 Å². The predicted molar refractivity (Wildman–Crippen MR) is 130 cm³/mol. The molecule has 0 spiro atoms. The van der Waals surface area contributed by atoms with Crippen molar-refractivity contribution in [2.24, 2.45) is 0 Å². The summed E-state index contributed by atoms with van der Waals surface area (Å²) in [5.41, 5.74) is 4.30. The van der Waals surface area contributed by atoms with E-state index in [-0.39, 0.29) is 11.5 Å². The van der Waals surface area contributed by atoms with Crippen LogP contribution in [0.1, 0.15) is 37.5 Å². The number of phenols is 1. The average molecular weight is 459 g/mol. The second kappa shape index (κ2) is 9.30. The summed E-state index contributed by atoms with van der Waals surface area (Å²) in [6.07, 6.45) is 2.98. The van der Waals surface area contributed by atoms with Crippen LogP contribution in [0.5, 0.6) is 17.2 Å². The van der Waals surface area contributed by atoms with Crippen LogP contribution >= 0.6 is 11.3 Å². The van der Waals surface area contributed by atoms with E-state index in [9.17, 15) is 14.7 Å². The zero-order valence-electron chi connectivity index (χ0n) is 18.4. The number of fused-ring (bicyclic) bond motifs is 1. The Morgan fingerprint density at radius 1 is 0.970 bits per heavy atom. The molecule has 166 valence electrons. The zero-order chi connectivity index (χ0) is 23.5. The van der Waals surface area contributed by atoms with Crippen molar-refractivity contribution < 1.29 is 24.2 Å². The lowest BCUT2D eigenvalue weighted by atomic mass is 10.0. The van der Waals surface area contributed by atoms with Gasteiger partial charge in [-0.2, -0.15) is 0 Å². The number of ketones is 1. The molecule has 4 rings (SSSR count). The van der Waals surface area contributed by atoms with Gasteiger partial charge in [-0.05, 0) is 73.9 Å². The van der Waals surface area contributed by atoms with Gasteiger partial charge in [-0.1, -0.05) is 29.8 Å². The number of benzene rings is 3. The van der Waals surface area contributed by atoms with Crippen molar-refractivity contribution in [1.82, 2.24) is 0 Å². The van der Waals surface area contributed by atoms with Crippen LogP contribution < -0.4 is 4.74 Å². The molecule has 5 nitrogen and oxygen atoms in total. The second-order valence-corrected chi connectivity index (χ2v) is 8.80. The second-order valence-electron chi connectivity index (χ2n) is 7.75. The van der Waals surface area contributed by atoms with Gasteiger partial charge in [0.1, 0.15) is 16.4 Å². The van der Waals surface area contributed by atoms with Crippen LogP contribution in [0.25, 0.3) is 16.2 Å². The first-order valence-corrected chi connectivity index (χ1v) is 11.1. The highest BCUT2D eigenvalue weighted by molar-refractivity contribution is 7.21. The maximum atomic E-state index is 13.5. The number of rotatable bonds is 7. The van der Waals surface area contributed by atoms with E-state index in [1.807, 2.05) is 57.2 Å². The first-order chi connectivity index (χ1) is 15.9. The molecule has 4 aromatic rings. The number of carbonyl (C=O) groups is 2. The Hall–Kier alpha value is -3.90. The summed E-state index contributed by atoms with van der Waals surface area (Å²) in [5, 5.41) is 10.7. The highest BCUT2D eigenvalue weighted by Gasteiger charge is 2.23. The van der Waals surface area contributed by atoms with Gasteiger partial charge in [0.05, 0.1) is 6.26 Å². The van der Waals surface area contributed by atoms with Crippen molar-refractivity contribution in [2.75, 3.05) is 0 Å². The Bertz CT molecular complexity index is 1400. The number of hydrogen-bond donors (Lipinski definition) is 1. The lowest BCUT2D eigenvalue weighted by Gasteiger charge is -2.12. The first kappa shape index (κ1) is 22.3. The minimum absolute atomic E-state index is 0.119. The van der Waals surface area contributed by atoms with Gasteiger partial charge >= 0.3 is 0 Å². The fraction of sp³-hybridized carbons (Fsp3) is 0.111. The maximum Gasteiger partial charge on any atom is 0.297 e. The number of aryl methyl sites for hydroxylation is 3. The third-order valence-corrected chi connectivity index (χ3v) is 6.40. The molecule has 1 heterocycles. The molecule has 0 amide bonds. The van der Waals surface area contributed by atoms with E-state index in [0.29, 0.717) is 28.4 Å². The quantitative estimate of drug-likeness (QED) is 0.190. The Balaban J connectivity index is 1.78. The van der Waals surface area contributed by atoms with Crippen LogP contribution in [0, 0.1) is 20.8 Å². The van der Waals surface area contributed by atoms with Gasteiger partial charge in [-0.25, -0.2) is 0 Å². The van der Waals surface area contributed by atoms with Crippen LogP contribution in [0.3, 0.4) is 0 Å². The fourth-order valence-corrected chi connectivity index (χ4v) is 4.77. The van der Waals surface area contributed by atoms with E-state index in [4.69, 9.17) is 4.74 Å². The molecular weight excluding hydrogens is 436 g/mol. The van der Waals surface area contributed by atoms with Gasteiger partial charge in [0, 0.05) is 15.6 Å². The fourth-order valence-electron chi connectivity index (χ4n) is 3.65. The smallest absolute Gasteiger partial charge is 0.297 e. The van der Waals surface area contributed by atoms with E-state index >= 15 is 0 Å². The molecule has 0 fully saturated rings. The molecule has 33 heavy (non-hydrogen) atoms. The van der Waals surface area contributed by atoms with Gasteiger partial charge in [-0.3, -0.25) is 9.59 Å². The summed E-state index contributed by atoms with van der Waals surface area (Å²) in [7, 11) is 0. The summed E-state index contributed by atoms with van der Waals surface area (Å²) in [6, 6.07) is 16.3. The van der Waals surface area contributed by atoms with Gasteiger partial charge in [-0.15, -0.1) is 11.3 Å². The van der Waals surface area contributed by atoms with E-state index in [0.717, 1.165) is 32.3 Å². The number of hydrogen-bond acceptors (Lipinski definition) is 6. The van der Waals surface area contributed by atoms with Crippen molar-refractivity contribution >= 4 is 39.8 Å². The summed E-state index contributed by atoms with van der Waals surface area (Å²) >= 11 is 1.30. The van der Waals surface area contributed by atoms with E-state index < -0.39 is 0 Å². The number of thiophene rings is 1. The SMILES string of the molecule is Cc1ccc(C(=O)c2sc3cc(O)ccc3c2Oc2ccc(/C=C/OC=O)cc2C)c(C)c1. The molecule has 0 unspecified atom stereocenters. The molecule has 0 saturated carbocycles. The monoisotopic (exact) mass is 458 g/mol. The molecule has 0 saturated heterocycles. The summed E-state index contributed by atoms with van der Waals surface area (Å²) in [5.74, 6) is 1.08. The number of carbonyl (C=O) groups excluding carboxylic acids is 2. The van der Waals surface area contributed by atoms with Gasteiger partial charge in [0.15, 0.2) is 5.75 Å². The van der Waals surface area contributed by atoms with Crippen LogP contribution in [-0.4, -0.2) is 17.4 Å². The Morgan fingerprint density at radius 2 is 1.79 bits per heavy atom. The summed E-state index contributed by atoms with van der Waals surface area (Å²) < 4.78 is 11.7. The van der Waals surface area contributed by atoms with Crippen LogP contribution in [0.2, 0.25) is 0 Å². The minimum atomic E-state index is -0.119. The molecule has 6 heteroatoms. The van der Waals surface area contributed by atoms with E-state index in [1.165, 1.54) is 17.6 Å². The largest absolute Gasteiger partial charge is 0.508 e. The predicted octanol–water partition coefficient (Wildman–Crippen LogP) is 6.70. The van der Waals surface area contributed by atoms with Crippen molar-refractivity contribution in [3.8, 4) is 17.2 Å². The normalized spacial score (nSPS) is 11.1.